The minimum atomic E-state index is -4.61. The number of phosphoric ester groups is 1. The van der Waals surface area contributed by atoms with Crippen molar-refractivity contribution in [2.45, 2.75) is 276 Å². The topological polar surface area (TPSA) is 108 Å². The molecule has 0 saturated carbocycles. The molecule has 0 aromatic carbocycles. The molecule has 0 aromatic rings. The van der Waals surface area contributed by atoms with Crippen molar-refractivity contribution in [1.29, 1.82) is 0 Å². The predicted octanol–water partition coefficient (Wildman–Crippen LogP) is 18.7. The third-order valence-corrected chi connectivity index (χ3v) is 14.5. The zero-order chi connectivity index (χ0) is 54.9. The van der Waals surface area contributed by atoms with Gasteiger partial charge < -0.3 is 28.8 Å². The van der Waals surface area contributed by atoms with Crippen molar-refractivity contribution in [3.63, 3.8) is 0 Å². The largest absolute Gasteiger partial charge is 0.756 e. The predicted molar refractivity (Wildman–Crippen MR) is 325 cm³/mol. The number of carbonyl (C=O) groups excluding carboxylic acids is 1. The molecule has 0 aliphatic heterocycles. The molecule has 2 N–H and O–H groups in total. The number of unbranched alkanes of at least 4 members (excludes halogenated alkanes) is 29. The van der Waals surface area contributed by atoms with Crippen LogP contribution in [-0.2, 0) is 18.4 Å². The van der Waals surface area contributed by atoms with Gasteiger partial charge in [-0.15, -0.1) is 0 Å². The van der Waals surface area contributed by atoms with Gasteiger partial charge in [-0.2, -0.15) is 0 Å². The highest BCUT2D eigenvalue weighted by atomic mass is 31.2. The fraction of sp³-hybridized carbons (Fsp3) is 0.742. The Morgan fingerprint density at radius 2 is 0.827 bits per heavy atom. The van der Waals surface area contributed by atoms with Crippen LogP contribution < -0.4 is 10.2 Å². The summed E-state index contributed by atoms with van der Waals surface area (Å²) in [6.45, 7) is 4.49. The first-order chi connectivity index (χ1) is 36.5. The number of carbonyl (C=O) groups is 1. The van der Waals surface area contributed by atoms with Crippen LogP contribution >= 0.6 is 7.82 Å². The van der Waals surface area contributed by atoms with Gasteiger partial charge in [-0.1, -0.05) is 265 Å². The average Bonchev–Trinajstić information content (AvgIpc) is 3.37. The van der Waals surface area contributed by atoms with Crippen molar-refractivity contribution >= 4 is 13.7 Å². The SMILES string of the molecule is CC/C=C\C/C=C\C/C=C\C/C=C\C/C=C\CCCCCCCCCCCCCCCCCCCCCCCCCC(=O)NC(COP(=O)([O-])OCC[N+](C)(C)C)C(O)/C=C/CC/C=C/CC/C=C/CCCCCC. The van der Waals surface area contributed by atoms with Crippen LogP contribution in [0.1, 0.15) is 264 Å². The van der Waals surface area contributed by atoms with E-state index in [-0.39, 0.29) is 12.5 Å². The number of hydrogen-bond donors (Lipinski definition) is 2. The molecule has 3 unspecified atom stereocenters. The van der Waals surface area contributed by atoms with E-state index >= 15 is 0 Å². The molecule has 434 valence electrons. The number of hydrogen-bond acceptors (Lipinski definition) is 6. The molecule has 0 radical (unpaired) electrons. The van der Waals surface area contributed by atoms with Gasteiger partial charge in [0, 0.05) is 6.42 Å². The van der Waals surface area contributed by atoms with Crippen LogP contribution in [0.5, 0.6) is 0 Å². The highest BCUT2D eigenvalue weighted by molar-refractivity contribution is 7.45. The summed E-state index contributed by atoms with van der Waals surface area (Å²) in [5.74, 6) is -0.211. The van der Waals surface area contributed by atoms with Crippen molar-refractivity contribution < 1.29 is 32.9 Å². The second kappa shape index (κ2) is 56.2. The summed E-state index contributed by atoms with van der Waals surface area (Å²) >= 11 is 0. The molecule has 9 heteroatoms. The maximum Gasteiger partial charge on any atom is 0.268 e. The number of nitrogens with one attached hydrogen (secondary N) is 1. The van der Waals surface area contributed by atoms with E-state index in [0.717, 1.165) is 83.5 Å². The van der Waals surface area contributed by atoms with E-state index in [2.05, 4.69) is 104 Å². The minimum absolute atomic E-state index is 0.0107. The molecule has 0 spiro atoms. The van der Waals surface area contributed by atoms with Gasteiger partial charge in [0.05, 0.1) is 39.9 Å². The van der Waals surface area contributed by atoms with Crippen LogP contribution in [0.3, 0.4) is 0 Å². The monoisotopic (exact) mass is 1070 g/mol. The van der Waals surface area contributed by atoms with E-state index in [1.807, 2.05) is 27.2 Å². The Hall–Kier alpha value is -2.58. The van der Waals surface area contributed by atoms with Crippen LogP contribution in [0.4, 0.5) is 0 Å². The van der Waals surface area contributed by atoms with Crippen LogP contribution in [0.2, 0.25) is 0 Å². The molecule has 0 aliphatic rings. The fourth-order valence-electron chi connectivity index (χ4n) is 8.68. The number of rotatable bonds is 56. The molecule has 0 saturated heterocycles. The van der Waals surface area contributed by atoms with E-state index in [4.69, 9.17) is 9.05 Å². The van der Waals surface area contributed by atoms with E-state index in [0.29, 0.717) is 17.4 Å². The van der Waals surface area contributed by atoms with E-state index < -0.39 is 26.6 Å². The minimum Gasteiger partial charge on any atom is -0.756 e. The molecule has 0 rings (SSSR count). The maximum atomic E-state index is 13.0. The van der Waals surface area contributed by atoms with Gasteiger partial charge >= 0.3 is 0 Å². The molecule has 3 atom stereocenters. The van der Waals surface area contributed by atoms with E-state index in [1.54, 1.807) is 6.08 Å². The second-order valence-corrected chi connectivity index (χ2v) is 23.4. The number of allylic oxidation sites excluding steroid dienone is 15. The van der Waals surface area contributed by atoms with Gasteiger partial charge in [0.15, 0.2) is 0 Å². The average molecular weight is 1070 g/mol. The summed E-state index contributed by atoms with van der Waals surface area (Å²) in [7, 11) is 1.23. The number of phosphoric acid groups is 1. The fourth-order valence-corrected chi connectivity index (χ4v) is 9.41. The summed E-state index contributed by atoms with van der Waals surface area (Å²) < 4.78 is 23.3. The quantitative estimate of drug-likeness (QED) is 0.0272. The number of aliphatic hydroxyl groups excluding tert-OH is 1. The summed E-state index contributed by atoms with van der Waals surface area (Å²) in [6, 6.07) is -0.912. The lowest BCUT2D eigenvalue weighted by Gasteiger charge is -2.29. The Balaban J connectivity index is 3.95. The van der Waals surface area contributed by atoms with Gasteiger partial charge in [0.1, 0.15) is 13.2 Å². The van der Waals surface area contributed by atoms with Crippen LogP contribution in [-0.4, -0.2) is 68.5 Å². The highest BCUT2D eigenvalue weighted by Crippen LogP contribution is 2.38. The zero-order valence-electron chi connectivity index (χ0n) is 49.5. The molecule has 1 amide bonds. The van der Waals surface area contributed by atoms with Crippen LogP contribution in [0, 0.1) is 0 Å². The third kappa shape index (κ3) is 58.9. The van der Waals surface area contributed by atoms with Gasteiger partial charge in [0.2, 0.25) is 5.91 Å². The second-order valence-electron chi connectivity index (χ2n) is 22.0. The molecule has 8 nitrogen and oxygen atoms in total. The number of quaternary nitrogens is 1. The Bertz CT molecular complexity index is 1540. The Morgan fingerprint density at radius 1 is 0.480 bits per heavy atom. The standard InChI is InChI=1S/C66H119N2O6P/c1-6-8-10-12-14-16-18-20-22-23-24-25-26-27-28-29-30-31-32-33-34-35-36-37-38-39-40-41-42-43-44-45-46-48-50-52-54-56-58-60-66(70)67-64(63-74-75(71,72)73-62-61-68(3,4)5)65(69)59-57-55-53-51-49-47-21-19-17-15-13-11-9-7-2/h8,10,14,16-17,19-20,22,24-25,27-28,49,51,57,59,64-65,69H,6-7,9,11-13,15,18,21,23,26,29-48,50,52-56,58,60-63H2,1-5H3,(H-,67,70,71,72)/b10-8-,16-14-,19-17+,22-20-,25-24-,28-27-,51-49+,59-57+. The molecule has 0 aromatic heterocycles. The van der Waals surface area contributed by atoms with Crippen LogP contribution in [0.25, 0.3) is 0 Å². The van der Waals surface area contributed by atoms with Crippen molar-refractivity contribution in [2.75, 3.05) is 40.9 Å². The molecular formula is C66H119N2O6P. The molecular weight excluding hydrogens is 948 g/mol. The van der Waals surface area contributed by atoms with Gasteiger partial charge in [0.25, 0.3) is 7.82 Å². The number of nitrogens with zero attached hydrogens (tertiary/aromatic N) is 1. The normalized spacial score (nSPS) is 14.5. The molecule has 0 bridgehead atoms. The first kappa shape index (κ1) is 72.4. The summed E-state index contributed by atoms with van der Waals surface area (Å²) in [5, 5.41) is 13.8. The van der Waals surface area contributed by atoms with Crippen molar-refractivity contribution in [1.82, 2.24) is 5.32 Å². The summed E-state index contributed by atoms with van der Waals surface area (Å²) in [4.78, 5) is 25.5. The molecule has 0 fully saturated rings. The number of likely N-dealkylation sites (N-methyl/N-ethyl adjacent to an activating group) is 1. The lowest BCUT2D eigenvalue weighted by atomic mass is 10.0. The number of amides is 1. The molecule has 0 heterocycles. The first-order valence-corrected chi connectivity index (χ1v) is 32.6. The summed E-state index contributed by atoms with van der Waals surface area (Å²) in [5.41, 5.74) is 0. The third-order valence-electron chi connectivity index (χ3n) is 13.5. The van der Waals surface area contributed by atoms with Gasteiger partial charge in [-0.25, -0.2) is 0 Å². The molecule has 75 heavy (non-hydrogen) atoms. The lowest BCUT2D eigenvalue weighted by molar-refractivity contribution is -0.870. The van der Waals surface area contributed by atoms with Crippen molar-refractivity contribution in [2.24, 2.45) is 0 Å². The highest BCUT2D eigenvalue weighted by Gasteiger charge is 2.23. The Kier molecular flexibility index (Phi) is 54.2. The first-order valence-electron chi connectivity index (χ1n) is 31.1. The maximum absolute atomic E-state index is 13.0. The zero-order valence-corrected chi connectivity index (χ0v) is 50.4. The Morgan fingerprint density at radius 3 is 1.24 bits per heavy atom. The summed E-state index contributed by atoms with van der Waals surface area (Å²) in [6.07, 6.45) is 80.9. The Labute approximate surface area is 464 Å². The van der Waals surface area contributed by atoms with E-state index in [9.17, 15) is 19.4 Å². The van der Waals surface area contributed by atoms with Gasteiger partial charge in [-0.3, -0.25) is 9.36 Å². The molecule has 0 aliphatic carbocycles. The lowest BCUT2D eigenvalue weighted by Crippen LogP contribution is -2.45. The van der Waals surface area contributed by atoms with E-state index in [1.165, 1.54) is 161 Å². The number of aliphatic hydroxyl groups is 1. The van der Waals surface area contributed by atoms with Crippen molar-refractivity contribution in [3.8, 4) is 0 Å². The smallest absolute Gasteiger partial charge is 0.268 e. The van der Waals surface area contributed by atoms with Crippen LogP contribution in [0.15, 0.2) is 97.2 Å². The van der Waals surface area contributed by atoms with Crippen molar-refractivity contribution in [3.05, 3.63) is 97.2 Å². The van der Waals surface area contributed by atoms with Gasteiger partial charge in [-0.05, 0) is 89.9 Å².